The first-order valence-corrected chi connectivity index (χ1v) is 1.43. The second-order valence-corrected chi connectivity index (χ2v) is 0.811. The SMILES string of the molecule is N#CC(F)C(=O)[O-]. The Balaban J connectivity index is 3.63. The Morgan fingerprint density at radius 3 is 2.43 bits per heavy atom. The molecule has 1 atom stereocenters. The van der Waals surface area contributed by atoms with Crippen LogP contribution in [-0.2, 0) is 4.79 Å². The van der Waals surface area contributed by atoms with Gasteiger partial charge in [-0.15, -0.1) is 0 Å². The van der Waals surface area contributed by atoms with Crippen LogP contribution in [-0.4, -0.2) is 12.1 Å². The summed E-state index contributed by atoms with van der Waals surface area (Å²) in [7, 11) is 0. The highest BCUT2D eigenvalue weighted by atomic mass is 19.1. The Morgan fingerprint density at radius 2 is 2.43 bits per heavy atom. The molecule has 1 unspecified atom stereocenters. The van der Waals surface area contributed by atoms with E-state index in [1.165, 1.54) is 0 Å². The zero-order valence-corrected chi connectivity index (χ0v) is 3.22. The number of nitrogens with zero attached hydrogens (tertiary/aromatic N) is 1. The standard InChI is InChI=1S/C3H2FNO2/c4-2(1-5)3(6)7/h2H,(H,6,7)/p-1. The van der Waals surface area contributed by atoms with Gasteiger partial charge in [-0.05, 0) is 0 Å². The molecule has 0 N–H and O–H groups in total. The van der Waals surface area contributed by atoms with Crippen molar-refractivity contribution >= 4 is 5.97 Å². The molecular weight excluding hydrogens is 101 g/mol. The van der Waals surface area contributed by atoms with E-state index in [0.717, 1.165) is 6.07 Å². The zero-order chi connectivity index (χ0) is 5.86. The average Bonchev–Trinajstić information content (AvgIpc) is 1.65. The highest BCUT2D eigenvalue weighted by Gasteiger charge is 2.00. The summed E-state index contributed by atoms with van der Waals surface area (Å²) in [5.41, 5.74) is 0. The van der Waals surface area contributed by atoms with Crippen LogP contribution in [0, 0.1) is 11.3 Å². The topological polar surface area (TPSA) is 63.9 Å². The number of halogens is 1. The lowest BCUT2D eigenvalue weighted by atomic mass is 10.4. The maximum Gasteiger partial charge on any atom is 0.225 e. The van der Waals surface area contributed by atoms with E-state index < -0.39 is 12.1 Å². The van der Waals surface area contributed by atoms with E-state index in [1.807, 2.05) is 0 Å². The summed E-state index contributed by atoms with van der Waals surface area (Å²) in [4.78, 5) is 9.22. The molecule has 0 saturated heterocycles. The van der Waals surface area contributed by atoms with Gasteiger partial charge in [0.05, 0.1) is 5.97 Å². The van der Waals surface area contributed by atoms with Crippen molar-refractivity contribution in [3.8, 4) is 6.07 Å². The van der Waals surface area contributed by atoms with E-state index in [2.05, 4.69) is 0 Å². The number of carboxylic acids is 1. The third-order valence-electron chi connectivity index (χ3n) is 0.320. The lowest BCUT2D eigenvalue weighted by Gasteiger charge is -1.94. The minimum absolute atomic E-state index is 0.836. The van der Waals surface area contributed by atoms with E-state index in [-0.39, 0.29) is 0 Å². The molecule has 0 rings (SSSR count). The first kappa shape index (κ1) is 5.89. The number of aliphatic carboxylic acids is 1. The number of carboxylic acid groups (broad SMARTS) is 1. The summed E-state index contributed by atoms with van der Waals surface area (Å²) in [6.07, 6.45) is -2.49. The molecule has 0 spiro atoms. The molecule has 0 aliphatic carbocycles. The molecule has 3 nitrogen and oxygen atoms in total. The van der Waals surface area contributed by atoms with E-state index in [9.17, 15) is 14.3 Å². The fourth-order valence-electron chi connectivity index (χ4n) is 0.0527. The number of carbonyl (C=O) groups is 1. The van der Waals surface area contributed by atoms with Crippen molar-refractivity contribution in [1.82, 2.24) is 0 Å². The van der Waals surface area contributed by atoms with Gasteiger partial charge < -0.3 is 9.90 Å². The molecule has 0 heterocycles. The molecular formula is C3HFNO2-. The molecule has 0 fully saturated rings. The van der Waals surface area contributed by atoms with Gasteiger partial charge in [0.15, 0.2) is 0 Å². The fraction of sp³-hybridized carbons (Fsp3) is 0.333. The second kappa shape index (κ2) is 2.13. The van der Waals surface area contributed by atoms with E-state index >= 15 is 0 Å². The van der Waals surface area contributed by atoms with Crippen LogP contribution in [0.1, 0.15) is 0 Å². The van der Waals surface area contributed by atoms with Crippen LogP contribution in [0.15, 0.2) is 0 Å². The quantitative estimate of drug-likeness (QED) is 0.409. The van der Waals surface area contributed by atoms with Crippen LogP contribution in [0.5, 0.6) is 0 Å². The monoisotopic (exact) mass is 102 g/mol. The van der Waals surface area contributed by atoms with Crippen molar-refractivity contribution in [1.29, 1.82) is 5.26 Å². The Hall–Kier alpha value is -1.11. The molecule has 38 valence electrons. The first-order valence-electron chi connectivity index (χ1n) is 1.43. The molecule has 7 heavy (non-hydrogen) atoms. The highest BCUT2D eigenvalue weighted by molar-refractivity contribution is 5.72. The van der Waals surface area contributed by atoms with Crippen molar-refractivity contribution in [2.24, 2.45) is 0 Å². The first-order chi connectivity index (χ1) is 3.18. The van der Waals surface area contributed by atoms with Crippen molar-refractivity contribution in [3.05, 3.63) is 0 Å². The maximum atomic E-state index is 11.2. The molecule has 0 aromatic rings. The van der Waals surface area contributed by atoms with Crippen LogP contribution >= 0.6 is 0 Å². The largest absolute Gasteiger partial charge is 0.546 e. The van der Waals surface area contributed by atoms with Crippen molar-refractivity contribution in [3.63, 3.8) is 0 Å². The van der Waals surface area contributed by atoms with Gasteiger partial charge in [-0.2, -0.15) is 5.26 Å². The van der Waals surface area contributed by atoms with E-state index in [1.54, 1.807) is 0 Å². The Labute approximate surface area is 39.0 Å². The Bertz CT molecular complexity index is 117. The molecule has 0 aliphatic rings. The molecule has 0 aromatic carbocycles. The Kier molecular flexibility index (Phi) is 1.79. The van der Waals surface area contributed by atoms with Gasteiger partial charge in [0.2, 0.25) is 6.17 Å². The van der Waals surface area contributed by atoms with Crippen molar-refractivity contribution < 1.29 is 14.3 Å². The summed E-state index contributed by atoms with van der Waals surface area (Å²) in [5.74, 6) is -1.98. The summed E-state index contributed by atoms with van der Waals surface area (Å²) in [5, 5.41) is 16.7. The number of hydrogen-bond donors (Lipinski definition) is 0. The maximum absolute atomic E-state index is 11.2. The number of rotatable bonds is 1. The van der Waals surface area contributed by atoms with Gasteiger partial charge in [0.1, 0.15) is 6.07 Å². The minimum Gasteiger partial charge on any atom is -0.546 e. The summed E-state index contributed by atoms with van der Waals surface area (Å²) >= 11 is 0. The molecule has 0 bridgehead atoms. The van der Waals surface area contributed by atoms with E-state index in [0.29, 0.717) is 0 Å². The number of alkyl halides is 1. The predicted octanol–water partition coefficient (Wildman–Crippen LogP) is -1.40. The van der Waals surface area contributed by atoms with Gasteiger partial charge in [-0.25, -0.2) is 4.39 Å². The summed E-state index contributed by atoms with van der Waals surface area (Å²) in [6, 6.07) is 0.836. The number of hydrogen-bond acceptors (Lipinski definition) is 3. The molecule has 0 amide bonds. The van der Waals surface area contributed by atoms with Gasteiger partial charge in [0.25, 0.3) is 0 Å². The third kappa shape index (κ3) is 1.71. The Morgan fingerprint density at radius 1 is 2.00 bits per heavy atom. The van der Waals surface area contributed by atoms with E-state index in [4.69, 9.17) is 5.26 Å². The third-order valence-corrected chi connectivity index (χ3v) is 0.320. The van der Waals surface area contributed by atoms with Gasteiger partial charge >= 0.3 is 0 Å². The molecule has 0 aliphatic heterocycles. The van der Waals surface area contributed by atoms with Crippen LogP contribution < -0.4 is 5.11 Å². The normalized spacial score (nSPS) is 12.0. The molecule has 4 heteroatoms. The molecule has 0 aromatic heterocycles. The van der Waals surface area contributed by atoms with Gasteiger partial charge in [-0.3, -0.25) is 0 Å². The zero-order valence-electron chi connectivity index (χ0n) is 3.22. The van der Waals surface area contributed by atoms with Crippen LogP contribution in [0.4, 0.5) is 4.39 Å². The van der Waals surface area contributed by atoms with Crippen LogP contribution in [0.3, 0.4) is 0 Å². The number of carbonyl (C=O) groups excluding carboxylic acids is 1. The summed E-state index contributed by atoms with van der Waals surface area (Å²) in [6.45, 7) is 0. The van der Waals surface area contributed by atoms with Crippen LogP contribution in [0.25, 0.3) is 0 Å². The lowest BCUT2D eigenvalue weighted by molar-refractivity contribution is -0.309. The lowest BCUT2D eigenvalue weighted by Crippen LogP contribution is -2.31. The summed E-state index contributed by atoms with van der Waals surface area (Å²) < 4.78 is 11.2. The van der Waals surface area contributed by atoms with Gasteiger partial charge in [0, 0.05) is 0 Å². The number of nitriles is 1. The fourth-order valence-corrected chi connectivity index (χ4v) is 0.0527. The van der Waals surface area contributed by atoms with Crippen molar-refractivity contribution in [2.75, 3.05) is 0 Å². The minimum atomic E-state index is -2.49. The molecule has 0 radical (unpaired) electrons. The molecule has 0 saturated carbocycles. The smallest absolute Gasteiger partial charge is 0.225 e. The van der Waals surface area contributed by atoms with Crippen molar-refractivity contribution in [2.45, 2.75) is 6.17 Å². The van der Waals surface area contributed by atoms with Crippen LogP contribution in [0.2, 0.25) is 0 Å². The second-order valence-electron chi connectivity index (χ2n) is 0.811. The average molecular weight is 102 g/mol. The predicted molar refractivity (Wildman–Crippen MR) is 15.5 cm³/mol. The van der Waals surface area contributed by atoms with Gasteiger partial charge in [-0.1, -0.05) is 0 Å². The highest BCUT2D eigenvalue weighted by Crippen LogP contribution is 1.80.